The van der Waals surface area contributed by atoms with Crippen LogP contribution in [-0.2, 0) is 11.0 Å². The number of rotatable bonds is 13. The third kappa shape index (κ3) is 11.6. The lowest BCUT2D eigenvalue weighted by molar-refractivity contribution is -0.137. The van der Waals surface area contributed by atoms with Gasteiger partial charge in [0.1, 0.15) is 5.75 Å². The van der Waals surface area contributed by atoms with Gasteiger partial charge in [-0.15, -0.1) is 0 Å². The first-order valence-electron chi connectivity index (χ1n) is 10.3. The number of carbonyl (C=O) groups excluding carboxylic acids is 1. The predicted molar refractivity (Wildman–Crippen MR) is 111 cm³/mol. The van der Waals surface area contributed by atoms with Gasteiger partial charge >= 0.3 is 6.18 Å². The minimum Gasteiger partial charge on any atom is -0.494 e. The number of allylic oxidation sites excluding steroid dienone is 3. The molecule has 1 rings (SSSR count). The quantitative estimate of drug-likeness (QED) is 0.166. The van der Waals surface area contributed by atoms with Crippen molar-refractivity contribution < 1.29 is 27.1 Å². The summed E-state index contributed by atoms with van der Waals surface area (Å²) in [6, 6.07) is 4.89. The maximum absolute atomic E-state index is 13.5. The van der Waals surface area contributed by atoms with Gasteiger partial charge in [-0.2, -0.15) is 13.2 Å². The van der Waals surface area contributed by atoms with Crippen molar-refractivity contribution in [3.8, 4) is 5.75 Å². The first-order chi connectivity index (χ1) is 14.2. The number of amides is 1. The van der Waals surface area contributed by atoms with Crippen LogP contribution in [0, 0.1) is 5.92 Å². The predicted octanol–water partition coefficient (Wildman–Crippen LogP) is 6.61. The van der Waals surface area contributed by atoms with E-state index in [1.165, 1.54) is 18.2 Å². The Hall–Kier alpha value is -2.31. The highest BCUT2D eigenvalue weighted by Gasteiger charge is 2.30. The van der Waals surface area contributed by atoms with Crippen molar-refractivity contribution >= 4 is 5.91 Å². The molecule has 0 bridgehead atoms. The molecule has 1 aromatic carbocycles. The van der Waals surface area contributed by atoms with Gasteiger partial charge in [-0.1, -0.05) is 51.3 Å². The summed E-state index contributed by atoms with van der Waals surface area (Å²) in [6.07, 6.45) is 5.59. The van der Waals surface area contributed by atoms with Crippen LogP contribution in [0.4, 0.5) is 17.6 Å². The Morgan fingerprint density at radius 2 is 1.83 bits per heavy atom. The van der Waals surface area contributed by atoms with E-state index in [2.05, 4.69) is 5.32 Å². The van der Waals surface area contributed by atoms with Crippen LogP contribution in [-0.4, -0.2) is 19.1 Å². The number of nitrogens with one attached hydrogen (secondary N) is 1. The van der Waals surface area contributed by atoms with E-state index in [4.69, 9.17) is 4.74 Å². The lowest BCUT2D eigenvalue weighted by atomic mass is 10.1. The van der Waals surface area contributed by atoms with E-state index in [9.17, 15) is 22.4 Å². The molecule has 0 atom stereocenters. The lowest BCUT2D eigenvalue weighted by Gasteiger charge is -2.10. The standard InChI is InChI=1S/C23H31F4NO2/c1-18(2)17-28-22(29)21(24)14-9-7-5-3-4-6-8-10-15-30-20-13-11-12-19(16-20)23(25,26)27/h7,9,11-14,16,18H,3-6,8,10,15,17H2,1-2H3,(H,28,29)/b9-7+,21-14-. The smallest absolute Gasteiger partial charge is 0.416 e. The molecule has 0 radical (unpaired) electrons. The van der Waals surface area contributed by atoms with E-state index in [0.717, 1.165) is 50.7 Å². The van der Waals surface area contributed by atoms with Crippen LogP contribution in [0.15, 0.2) is 48.3 Å². The van der Waals surface area contributed by atoms with Crippen LogP contribution < -0.4 is 10.1 Å². The van der Waals surface area contributed by atoms with Gasteiger partial charge in [-0.3, -0.25) is 4.79 Å². The number of ether oxygens (including phenoxy) is 1. The molecule has 1 aromatic rings. The summed E-state index contributed by atoms with van der Waals surface area (Å²) in [5.41, 5.74) is -0.709. The zero-order valence-corrected chi connectivity index (χ0v) is 17.6. The summed E-state index contributed by atoms with van der Waals surface area (Å²) >= 11 is 0. The van der Waals surface area contributed by atoms with Crippen LogP contribution >= 0.6 is 0 Å². The molecule has 1 amide bonds. The summed E-state index contributed by atoms with van der Waals surface area (Å²) < 4.78 is 56.8. The monoisotopic (exact) mass is 429 g/mol. The van der Waals surface area contributed by atoms with E-state index in [0.29, 0.717) is 13.2 Å². The summed E-state index contributed by atoms with van der Waals surface area (Å²) in [7, 11) is 0. The SMILES string of the molecule is CC(C)CNC(=O)/C(F)=C/C=C/CCCCCCCOc1cccc(C(F)(F)F)c1. The first kappa shape index (κ1) is 25.7. The zero-order valence-electron chi connectivity index (χ0n) is 17.6. The molecule has 3 nitrogen and oxygen atoms in total. The average molecular weight is 429 g/mol. The summed E-state index contributed by atoms with van der Waals surface area (Å²) in [5, 5.41) is 2.51. The molecule has 0 aliphatic carbocycles. The second kappa shape index (κ2) is 13.8. The number of hydrogen-bond donors (Lipinski definition) is 1. The molecule has 7 heteroatoms. The van der Waals surface area contributed by atoms with Crippen LogP contribution in [0.2, 0.25) is 0 Å². The average Bonchev–Trinajstić information content (AvgIpc) is 2.69. The molecule has 0 aliphatic heterocycles. The molecule has 1 N–H and O–H groups in total. The highest BCUT2D eigenvalue weighted by molar-refractivity contribution is 5.91. The van der Waals surface area contributed by atoms with Crippen molar-refractivity contribution in [2.24, 2.45) is 5.92 Å². The Morgan fingerprint density at radius 1 is 1.13 bits per heavy atom. The molecule has 0 aliphatic rings. The Kier molecular flexibility index (Phi) is 11.9. The van der Waals surface area contributed by atoms with E-state index < -0.39 is 23.5 Å². The topological polar surface area (TPSA) is 38.3 Å². The molecular weight excluding hydrogens is 398 g/mol. The van der Waals surface area contributed by atoms with Crippen LogP contribution in [0.25, 0.3) is 0 Å². The minimum absolute atomic E-state index is 0.230. The number of alkyl halides is 3. The maximum Gasteiger partial charge on any atom is 0.416 e. The van der Waals surface area contributed by atoms with Crippen molar-refractivity contribution in [1.82, 2.24) is 5.32 Å². The molecule has 0 unspecified atom stereocenters. The van der Waals surface area contributed by atoms with Gasteiger partial charge in [0.25, 0.3) is 5.91 Å². The van der Waals surface area contributed by atoms with Crippen molar-refractivity contribution in [2.45, 2.75) is 58.5 Å². The van der Waals surface area contributed by atoms with Crippen molar-refractivity contribution in [3.05, 3.63) is 53.9 Å². The molecule has 0 saturated carbocycles. The van der Waals surface area contributed by atoms with Crippen LogP contribution in [0.3, 0.4) is 0 Å². The van der Waals surface area contributed by atoms with Crippen LogP contribution in [0.1, 0.15) is 57.9 Å². The normalized spacial score (nSPS) is 12.6. The minimum atomic E-state index is -4.37. The van der Waals surface area contributed by atoms with E-state index in [-0.39, 0.29) is 11.7 Å². The lowest BCUT2D eigenvalue weighted by Crippen LogP contribution is -2.27. The number of halogens is 4. The Morgan fingerprint density at radius 3 is 2.53 bits per heavy atom. The van der Waals surface area contributed by atoms with Gasteiger partial charge in [0.05, 0.1) is 12.2 Å². The second-order valence-corrected chi connectivity index (χ2v) is 7.48. The number of unbranched alkanes of at least 4 members (excludes halogenated alkanes) is 5. The Labute approximate surface area is 176 Å². The molecular formula is C23H31F4NO2. The Bertz CT molecular complexity index is 697. The van der Waals surface area contributed by atoms with Gasteiger partial charge in [-0.05, 0) is 49.5 Å². The van der Waals surface area contributed by atoms with Crippen molar-refractivity contribution in [1.29, 1.82) is 0 Å². The molecule has 0 heterocycles. The highest BCUT2D eigenvalue weighted by atomic mass is 19.4. The van der Waals surface area contributed by atoms with Crippen molar-refractivity contribution in [3.63, 3.8) is 0 Å². The summed E-state index contributed by atoms with van der Waals surface area (Å²) in [5.74, 6) is -0.994. The maximum atomic E-state index is 13.5. The molecule has 0 fully saturated rings. The fraction of sp³-hybridized carbons (Fsp3) is 0.522. The summed E-state index contributed by atoms with van der Waals surface area (Å²) in [6.45, 7) is 4.69. The molecule has 0 saturated heterocycles. The van der Waals surface area contributed by atoms with E-state index >= 15 is 0 Å². The van der Waals surface area contributed by atoms with Crippen molar-refractivity contribution in [2.75, 3.05) is 13.2 Å². The van der Waals surface area contributed by atoms with E-state index in [1.54, 1.807) is 6.08 Å². The fourth-order valence-electron chi connectivity index (χ4n) is 2.55. The Balaban J connectivity index is 2.09. The number of benzene rings is 1. The van der Waals surface area contributed by atoms with E-state index in [1.807, 2.05) is 19.9 Å². The molecule has 30 heavy (non-hydrogen) atoms. The fourth-order valence-corrected chi connectivity index (χ4v) is 2.55. The summed E-state index contributed by atoms with van der Waals surface area (Å²) in [4.78, 5) is 11.4. The van der Waals surface area contributed by atoms with Gasteiger partial charge in [-0.25, -0.2) is 4.39 Å². The highest BCUT2D eigenvalue weighted by Crippen LogP contribution is 2.31. The van der Waals surface area contributed by atoms with Gasteiger partial charge in [0.15, 0.2) is 5.83 Å². The molecule has 0 spiro atoms. The van der Waals surface area contributed by atoms with Gasteiger partial charge in [0, 0.05) is 6.54 Å². The molecule has 0 aromatic heterocycles. The number of hydrogen-bond acceptors (Lipinski definition) is 2. The third-order valence-electron chi connectivity index (χ3n) is 4.21. The van der Waals surface area contributed by atoms with Gasteiger partial charge < -0.3 is 10.1 Å². The largest absolute Gasteiger partial charge is 0.494 e. The number of carbonyl (C=O) groups is 1. The zero-order chi connectivity index (χ0) is 22.4. The van der Waals surface area contributed by atoms with Gasteiger partial charge in [0.2, 0.25) is 0 Å². The van der Waals surface area contributed by atoms with Crippen LogP contribution in [0.5, 0.6) is 5.75 Å². The third-order valence-corrected chi connectivity index (χ3v) is 4.21. The molecule has 168 valence electrons. The first-order valence-corrected chi connectivity index (χ1v) is 10.3. The second-order valence-electron chi connectivity index (χ2n) is 7.48.